The second-order valence-corrected chi connectivity index (χ2v) is 6.42. The maximum absolute atomic E-state index is 11.7. The van der Waals surface area contributed by atoms with E-state index in [0.717, 1.165) is 11.9 Å². The van der Waals surface area contributed by atoms with Crippen molar-refractivity contribution in [3.05, 3.63) is 30.3 Å². The van der Waals surface area contributed by atoms with Gasteiger partial charge in [-0.3, -0.25) is 4.79 Å². The number of hydrogen-bond donors (Lipinski definition) is 1. The molecule has 0 aliphatic carbocycles. The Kier molecular flexibility index (Phi) is 5.15. The van der Waals surface area contributed by atoms with Crippen LogP contribution in [0.3, 0.4) is 0 Å². The molecule has 5 nitrogen and oxygen atoms in total. The summed E-state index contributed by atoms with van der Waals surface area (Å²) in [4.78, 5) is 13.1. The highest BCUT2D eigenvalue weighted by Crippen LogP contribution is 2.04. The lowest BCUT2D eigenvalue weighted by atomic mass is 10.3. The molecule has 0 atom stereocenters. The standard InChI is InChI=1S/C12H18N2O3S/c1-14(8-9-18(2,16)17)12(15)10-13-11-6-4-3-5-7-11/h3-7,13H,8-10H2,1-2H3. The average molecular weight is 270 g/mol. The van der Waals surface area contributed by atoms with Gasteiger partial charge in [-0.05, 0) is 12.1 Å². The Morgan fingerprint density at radius 2 is 1.89 bits per heavy atom. The van der Waals surface area contributed by atoms with Gasteiger partial charge < -0.3 is 10.2 Å². The summed E-state index contributed by atoms with van der Waals surface area (Å²) in [7, 11) is -1.44. The van der Waals surface area contributed by atoms with Crippen LogP contribution in [0.2, 0.25) is 0 Å². The fraction of sp³-hybridized carbons (Fsp3) is 0.417. The van der Waals surface area contributed by atoms with Gasteiger partial charge in [0.2, 0.25) is 5.91 Å². The third-order valence-electron chi connectivity index (χ3n) is 2.44. The zero-order valence-electron chi connectivity index (χ0n) is 10.6. The Labute approximate surface area is 108 Å². The van der Waals surface area contributed by atoms with Gasteiger partial charge in [-0.15, -0.1) is 0 Å². The Morgan fingerprint density at radius 1 is 1.28 bits per heavy atom. The topological polar surface area (TPSA) is 66.5 Å². The van der Waals surface area contributed by atoms with Crippen molar-refractivity contribution >= 4 is 21.4 Å². The Bertz CT molecular complexity index is 485. The zero-order chi connectivity index (χ0) is 13.6. The lowest BCUT2D eigenvalue weighted by molar-refractivity contribution is -0.127. The molecule has 1 aromatic carbocycles. The minimum absolute atomic E-state index is 0.0133. The maximum Gasteiger partial charge on any atom is 0.241 e. The number of rotatable bonds is 6. The fourth-order valence-electron chi connectivity index (χ4n) is 1.30. The van der Waals surface area contributed by atoms with E-state index in [1.807, 2.05) is 30.3 Å². The van der Waals surface area contributed by atoms with Gasteiger partial charge in [0.1, 0.15) is 9.84 Å². The Hall–Kier alpha value is -1.56. The molecule has 0 aliphatic heterocycles. The third kappa shape index (κ3) is 5.67. The van der Waals surface area contributed by atoms with Crippen LogP contribution in [0.1, 0.15) is 0 Å². The second-order valence-electron chi connectivity index (χ2n) is 4.16. The van der Waals surface area contributed by atoms with Crippen LogP contribution in [0.25, 0.3) is 0 Å². The molecule has 1 N–H and O–H groups in total. The summed E-state index contributed by atoms with van der Waals surface area (Å²) in [6.07, 6.45) is 1.16. The Balaban J connectivity index is 2.37. The fourth-order valence-corrected chi connectivity index (χ4v) is 1.90. The first-order valence-corrected chi connectivity index (χ1v) is 7.65. The molecule has 0 saturated heterocycles. The molecule has 100 valence electrons. The summed E-state index contributed by atoms with van der Waals surface area (Å²) in [5.74, 6) is -0.150. The summed E-state index contributed by atoms with van der Waals surface area (Å²) >= 11 is 0. The average Bonchev–Trinajstić information content (AvgIpc) is 2.33. The van der Waals surface area contributed by atoms with Crippen LogP contribution < -0.4 is 5.32 Å². The predicted molar refractivity (Wildman–Crippen MR) is 72.3 cm³/mol. The van der Waals surface area contributed by atoms with E-state index in [1.54, 1.807) is 7.05 Å². The van der Waals surface area contributed by atoms with Gasteiger partial charge in [-0.2, -0.15) is 0 Å². The molecule has 0 unspecified atom stereocenters. The molecule has 0 heterocycles. The highest BCUT2D eigenvalue weighted by atomic mass is 32.2. The summed E-state index contributed by atoms with van der Waals surface area (Å²) in [5.41, 5.74) is 0.863. The van der Waals surface area contributed by atoms with E-state index < -0.39 is 9.84 Å². The smallest absolute Gasteiger partial charge is 0.241 e. The van der Waals surface area contributed by atoms with E-state index in [-0.39, 0.29) is 24.7 Å². The van der Waals surface area contributed by atoms with Crippen LogP contribution >= 0.6 is 0 Å². The molecule has 0 radical (unpaired) electrons. The van der Waals surface area contributed by atoms with Gasteiger partial charge in [-0.25, -0.2) is 8.42 Å². The van der Waals surface area contributed by atoms with Gasteiger partial charge in [0, 0.05) is 25.5 Å². The van der Waals surface area contributed by atoms with E-state index in [1.165, 1.54) is 4.90 Å². The van der Waals surface area contributed by atoms with Gasteiger partial charge in [-0.1, -0.05) is 18.2 Å². The maximum atomic E-state index is 11.7. The van der Waals surface area contributed by atoms with Gasteiger partial charge in [0.05, 0.1) is 12.3 Å². The van der Waals surface area contributed by atoms with Crippen molar-refractivity contribution in [2.75, 3.05) is 37.5 Å². The molecule has 0 aliphatic rings. The number of carbonyl (C=O) groups excluding carboxylic acids is 1. The van der Waals surface area contributed by atoms with Gasteiger partial charge >= 0.3 is 0 Å². The first-order valence-electron chi connectivity index (χ1n) is 5.59. The number of sulfone groups is 1. The molecule has 0 fully saturated rings. The second kappa shape index (κ2) is 6.39. The highest BCUT2D eigenvalue weighted by molar-refractivity contribution is 7.90. The number of likely N-dealkylation sites (N-methyl/N-ethyl adjacent to an activating group) is 1. The van der Waals surface area contributed by atoms with Crippen molar-refractivity contribution in [1.29, 1.82) is 0 Å². The number of hydrogen-bond acceptors (Lipinski definition) is 4. The minimum atomic E-state index is -3.03. The van der Waals surface area contributed by atoms with Gasteiger partial charge in [0.25, 0.3) is 0 Å². The molecular weight excluding hydrogens is 252 g/mol. The highest BCUT2D eigenvalue weighted by Gasteiger charge is 2.11. The van der Waals surface area contributed by atoms with E-state index in [9.17, 15) is 13.2 Å². The largest absolute Gasteiger partial charge is 0.376 e. The van der Waals surface area contributed by atoms with Crippen LogP contribution in [0.4, 0.5) is 5.69 Å². The Morgan fingerprint density at radius 3 is 2.44 bits per heavy atom. The summed E-state index contributed by atoms with van der Waals surface area (Å²) in [5, 5.41) is 2.98. The number of para-hydroxylation sites is 1. The molecule has 6 heteroatoms. The van der Waals surface area contributed by atoms with Crippen LogP contribution in [-0.4, -0.2) is 51.4 Å². The van der Waals surface area contributed by atoms with Crippen molar-refractivity contribution in [2.45, 2.75) is 0 Å². The molecule has 0 spiro atoms. The van der Waals surface area contributed by atoms with Crippen molar-refractivity contribution < 1.29 is 13.2 Å². The first kappa shape index (κ1) is 14.5. The number of nitrogens with one attached hydrogen (secondary N) is 1. The summed E-state index contributed by atoms with van der Waals surface area (Å²) in [6, 6.07) is 9.37. The molecule has 1 amide bonds. The van der Waals surface area contributed by atoms with Crippen LogP contribution in [-0.2, 0) is 14.6 Å². The molecule has 0 aromatic heterocycles. The third-order valence-corrected chi connectivity index (χ3v) is 3.36. The normalized spacial score (nSPS) is 11.0. The first-order chi connectivity index (χ1) is 8.38. The lowest BCUT2D eigenvalue weighted by Gasteiger charge is -2.17. The summed E-state index contributed by atoms with van der Waals surface area (Å²) < 4.78 is 22.0. The van der Waals surface area contributed by atoms with Gasteiger partial charge in [0.15, 0.2) is 0 Å². The van der Waals surface area contributed by atoms with E-state index in [2.05, 4.69) is 5.32 Å². The van der Waals surface area contributed by atoms with Crippen molar-refractivity contribution in [3.63, 3.8) is 0 Å². The van der Waals surface area contributed by atoms with E-state index >= 15 is 0 Å². The van der Waals surface area contributed by atoms with Crippen molar-refractivity contribution in [3.8, 4) is 0 Å². The number of benzene rings is 1. The molecule has 18 heavy (non-hydrogen) atoms. The molecule has 0 bridgehead atoms. The SMILES string of the molecule is CN(CCS(C)(=O)=O)C(=O)CNc1ccccc1. The van der Waals surface area contributed by atoms with Crippen LogP contribution in [0.15, 0.2) is 30.3 Å². The number of carbonyl (C=O) groups is 1. The minimum Gasteiger partial charge on any atom is -0.376 e. The van der Waals surface area contributed by atoms with Crippen LogP contribution in [0.5, 0.6) is 0 Å². The predicted octanol–water partition coefficient (Wildman–Crippen LogP) is 0.601. The van der Waals surface area contributed by atoms with E-state index in [0.29, 0.717) is 0 Å². The molecular formula is C12H18N2O3S. The van der Waals surface area contributed by atoms with Crippen molar-refractivity contribution in [1.82, 2.24) is 4.90 Å². The van der Waals surface area contributed by atoms with E-state index in [4.69, 9.17) is 0 Å². The lowest BCUT2D eigenvalue weighted by Crippen LogP contribution is -2.35. The number of amides is 1. The van der Waals surface area contributed by atoms with Crippen molar-refractivity contribution in [2.24, 2.45) is 0 Å². The number of anilines is 1. The molecule has 1 rings (SSSR count). The number of nitrogens with zero attached hydrogens (tertiary/aromatic N) is 1. The zero-order valence-corrected chi connectivity index (χ0v) is 11.4. The molecule has 1 aromatic rings. The quantitative estimate of drug-likeness (QED) is 0.822. The van der Waals surface area contributed by atoms with Crippen LogP contribution in [0, 0.1) is 0 Å². The molecule has 0 saturated carbocycles. The summed E-state index contributed by atoms with van der Waals surface area (Å²) in [6.45, 7) is 0.373. The monoisotopic (exact) mass is 270 g/mol.